The van der Waals surface area contributed by atoms with Crippen molar-refractivity contribution in [1.29, 1.82) is 0 Å². The molecular formula is C20H24N2O3. The first-order valence-corrected chi connectivity index (χ1v) is 8.31. The number of nitrogens with zero attached hydrogens (tertiary/aromatic N) is 2. The molecule has 0 heterocycles. The molecule has 0 N–H and O–H groups in total. The van der Waals surface area contributed by atoms with Crippen molar-refractivity contribution in [2.24, 2.45) is 0 Å². The van der Waals surface area contributed by atoms with Crippen LogP contribution in [0.1, 0.15) is 23.7 Å². The van der Waals surface area contributed by atoms with E-state index in [0.717, 1.165) is 24.2 Å². The smallest absolute Gasteiger partial charge is 0.312 e. The van der Waals surface area contributed by atoms with E-state index in [1.54, 1.807) is 18.2 Å². The first-order chi connectivity index (χ1) is 12.0. The Morgan fingerprint density at radius 2 is 1.80 bits per heavy atom. The van der Waals surface area contributed by atoms with E-state index >= 15 is 0 Å². The Balaban J connectivity index is 1.93. The van der Waals surface area contributed by atoms with Gasteiger partial charge in [0, 0.05) is 50.2 Å². The summed E-state index contributed by atoms with van der Waals surface area (Å²) in [5.41, 5.74) is 2.60. The van der Waals surface area contributed by atoms with Gasteiger partial charge in [0.15, 0.2) is 0 Å². The molecule has 0 saturated carbocycles. The maximum absolute atomic E-state index is 12.1. The highest BCUT2D eigenvalue weighted by molar-refractivity contribution is 5.76. The summed E-state index contributed by atoms with van der Waals surface area (Å²) in [6, 6.07) is 14.8. The monoisotopic (exact) mass is 340 g/mol. The fourth-order valence-corrected chi connectivity index (χ4v) is 2.47. The van der Waals surface area contributed by atoms with E-state index < -0.39 is 0 Å². The summed E-state index contributed by atoms with van der Waals surface area (Å²) in [4.78, 5) is 26.9. The molecule has 0 aliphatic carbocycles. The summed E-state index contributed by atoms with van der Waals surface area (Å²) in [6.45, 7) is 3.35. The van der Waals surface area contributed by atoms with Crippen LogP contribution in [0.2, 0.25) is 0 Å². The van der Waals surface area contributed by atoms with Gasteiger partial charge < -0.3 is 14.5 Å². The Bertz CT molecular complexity index is 711. The molecule has 0 radical (unpaired) electrons. The molecule has 0 fully saturated rings. The summed E-state index contributed by atoms with van der Waals surface area (Å²) in [5, 5.41) is 0. The first-order valence-electron chi connectivity index (χ1n) is 8.31. The summed E-state index contributed by atoms with van der Waals surface area (Å²) >= 11 is 0. The molecule has 132 valence electrons. The van der Waals surface area contributed by atoms with E-state index in [2.05, 4.69) is 4.90 Å². The zero-order chi connectivity index (χ0) is 18.2. The highest BCUT2D eigenvalue weighted by Gasteiger charge is 2.10. The maximum atomic E-state index is 12.1. The van der Waals surface area contributed by atoms with Crippen molar-refractivity contribution < 1.29 is 14.3 Å². The SMILES string of the molecule is CCN(CCC(=O)Oc1cccc(N(C)C)c1)c1ccc(C=O)cc1. The van der Waals surface area contributed by atoms with E-state index in [-0.39, 0.29) is 12.4 Å². The van der Waals surface area contributed by atoms with Crippen LogP contribution in [0, 0.1) is 0 Å². The van der Waals surface area contributed by atoms with Crippen molar-refractivity contribution in [2.75, 3.05) is 37.0 Å². The van der Waals surface area contributed by atoms with E-state index in [1.165, 1.54) is 0 Å². The van der Waals surface area contributed by atoms with Crippen LogP contribution in [0.4, 0.5) is 11.4 Å². The topological polar surface area (TPSA) is 49.9 Å². The molecule has 5 nitrogen and oxygen atoms in total. The minimum Gasteiger partial charge on any atom is -0.426 e. The second kappa shape index (κ2) is 8.87. The fraction of sp³-hybridized carbons (Fsp3) is 0.300. The number of esters is 1. The van der Waals surface area contributed by atoms with Gasteiger partial charge in [0.1, 0.15) is 12.0 Å². The predicted molar refractivity (Wildman–Crippen MR) is 101 cm³/mol. The Hall–Kier alpha value is -2.82. The summed E-state index contributed by atoms with van der Waals surface area (Å²) < 4.78 is 5.43. The van der Waals surface area contributed by atoms with Crippen LogP contribution in [0.15, 0.2) is 48.5 Å². The van der Waals surface area contributed by atoms with Gasteiger partial charge in [-0.3, -0.25) is 9.59 Å². The quantitative estimate of drug-likeness (QED) is 0.419. The van der Waals surface area contributed by atoms with Crippen LogP contribution in [-0.4, -0.2) is 39.4 Å². The lowest BCUT2D eigenvalue weighted by atomic mass is 10.2. The van der Waals surface area contributed by atoms with Crippen molar-refractivity contribution in [1.82, 2.24) is 0 Å². The molecule has 0 spiro atoms. The Labute approximate surface area is 148 Å². The third-order valence-corrected chi connectivity index (χ3v) is 3.93. The molecule has 5 heteroatoms. The highest BCUT2D eigenvalue weighted by Crippen LogP contribution is 2.20. The number of hydrogen-bond donors (Lipinski definition) is 0. The number of benzene rings is 2. The second-order valence-electron chi connectivity index (χ2n) is 5.90. The molecule has 0 aromatic heterocycles. The van der Waals surface area contributed by atoms with Gasteiger partial charge in [-0.05, 0) is 43.3 Å². The molecular weight excluding hydrogens is 316 g/mol. The zero-order valence-electron chi connectivity index (χ0n) is 14.9. The Morgan fingerprint density at radius 1 is 1.08 bits per heavy atom. The lowest BCUT2D eigenvalue weighted by Crippen LogP contribution is -2.27. The molecule has 0 amide bonds. The van der Waals surface area contributed by atoms with Gasteiger partial charge in [-0.1, -0.05) is 6.07 Å². The van der Waals surface area contributed by atoms with Crippen molar-refractivity contribution >= 4 is 23.6 Å². The lowest BCUT2D eigenvalue weighted by molar-refractivity contribution is -0.134. The standard InChI is InChI=1S/C20H24N2O3/c1-4-22(17-10-8-16(15-23)9-11-17)13-12-20(24)25-19-7-5-6-18(14-19)21(2)3/h5-11,14-15H,4,12-13H2,1-3H3. The number of ether oxygens (including phenoxy) is 1. The van der Waals surface area contributed by atoms with Crippen LogP contribution in [0.5, 0.6) is 5.75 Å². The largest absolute Gasteiger partial charge is 0.426 e. The molecule has 0 saturated heterocycles. The van der Waals surface area contributed by atoms with Gasteiger partial charge in [0.05, 0.1) is 6.42 Å². The number of aldehydes is 1. The van der Waals surface area contributed by atoms with E-state index in [4.69, 9.17) is 4.74 Å². The molecule has 2 rings (SSSR count). The van der Waals surface area contributed by atoms with E-state index in [0.29, 0.717) is 17.9 Å². The minimum atomic E-state index is -0.265. The van der Waals surface area contributed by atoms with Gasteiger partial charge in [0.2, 0.25) is 0 Å². The Kier molecular flexibility index (Phi) is 6.57. The number of carbonyl (C=O) groups is 2. The van der Waals surface area contributed by atoms with Crippen molar-refractivity contribution in [3.63, 3.8) is 0 Å². The van der Waals surface area contributed by atoms with Gasteiger partial charge in [-0.2, -0.15) is 0 Å². The van der Waals surface area contributed by atoms with Crippen LogP contribution in [0.25, 0.3) is 0 Å². The van der Waals surface area contributed by atoms with Gasteiger partial charge in [-0.15, -0.1) is 0 Å². The normalized spacial score (nSPS) is 10.2. The minimum absolute atomic E-state index is 0.265. The van der Waals surface area contributed by atoms with Gasteiger partial charge >= 0.3 is 5.97 Å². The number of carbonyl (C=O) groups excluding carboxylic acids is 2. The second-order valence-corrected chi connectivity index (χ2v) is 5.90. The van der Waals surface area contributed by atoms with Crippen LogP contribution < -0.4 is 14.5 Å². The van der Waals surface area contributed by atoms with E-state index in [1.807, 2.05) is 56.3 Å². The van der Waals surface area contributed by atoms with Crippen LogP contribution in [-0.2, 0) is 4.79 Å². The van der Waals surface area contributed by atoms with Gasteiger partial charge in [-0.25, -0.2) is 0 Å². The Morgan fingerprint density at radius 3 is 2.40 bits per heavy atom. The predicted octanol–water partition coefficient (Wildman–Crippen LogP) is 3.39. The average Bonchev–Trinajstić information content (AvgIpc) is 2.63. The van der Waals surface area contributed by atoms with E-state index in [9.17, 15) is 9.59 Å². The van der Waals surface area contributed by atoms with Crippen LogP contribution >= 0.6 is 0 Å². The summed E-state index contributed by atoms with van der Waals surface area (Å²) in [5.74, 6) is 0.286. The maximum Gasteiger partial charge on any atom is 0.312 e. The number of rotatable bonds is 8. The third kappa shape index (κ3) is 5.35. The third-order valence-electron chi connectivity index (χ3n) is 3.93. The van der Waals surface area contributed by atoms with Gasteiger partial charge in [0.25, 0.3) is 0 Å². The van der Waals surface area contributed by atoms with Crippen molar-refractivity contribution in [3.05, 3.63) is 54.1 Å². The zero-order valence-corrected chi connectivity index (χ0v) is 14.9. The van der Waals surface area contributed by atoms with Crippen molar-refractivity contribution in [3.8, 4) is 5.75 Å². The molecule has 0 aliphatic heterocycles. The first kappa shape index (κ1) is 18.5. The summed E-state index contributed by atoms with van der Waals surface area (Å²) in [6.07, 6.45) is 1.11. The number of hydrogen-bond acceptors (Lipinski definition) is 5. The lowest BCUT2D eigenvalue weighted by Gasteiger charge is -2.22. The molecule has 0 atom stereocenters. The number of anilines is 2. The molecule has 2 aromatic rings. The molecule has 2 aromatic carbocycles. The van der Waals surface area contributed by atoms with Crippen molar-refractivity contribution in [2.45, 2.75) is 13.3 Å². The summed E-state index contributed by atoms with van der Waals surface area (Å²) in [7, 11) is 3.88. The molecule has 0 bridgehead atoms. The van der Waals surface area contributed by atoms with Crippen LogP contribution in [0.3, 0.4) is 0 Å². The molecule has 0 aliphatic rings. The fourth-order valence-electron chi connectivity index (χ4n) is 2.47. The average molecular weight is 340 g/mol. The molecule has 25 heavy (non-hydrogen) atoms. The highest BCUT2D eigenvalue weighted by atomic mass is 16.5. The molecule has 0 unspecified atom stereocenters.